The summed E-state index contributed by atoms with van der Waals surface area (Å²) in [6.07, 6.45) is 1.62. The summed E-state index contributed by atoms with van der Waals surface area (Å²) < 4.78 is 0. The molecule has 1 aromatic heterocycles. The van der Waals surface area contributed by atoms with E-state index in [4.69, 9.17) is 0 Å². The van der Waals surface area contributed by atoms with Crippen LogP contribution in [0, 0.1) is 0 Å². The number of rotatable bonds is 2. The number of nitrogens with one attached hydrogen (secondary N) is 2. The molecule has 4 heteroatoms. The molecule has 2 N–H and O–H groups in total. The third-order valence-corrected chi connectivity index (χ3v) is 2.01. The Labute approximate surface area is 76.4 Å². The van der Waals surface area contributed by atoms with Gasteiger partial charge in [-0.3, -0.25) is 9.78 Å². The van der Waals surface area contributed by atoms with Gasteiger partial charge in [0.15, 0.2) is 0 Å². The van der Waals surface area contributed by atoms with Crippen molar-refractivity contribution in [3.05, 3.63) is 30.1 Å². The molecule has 0 saturated carbocycles. The number of carbonyl (C=O) groups excluding carboxylic acids is 1. The first-order valence-electron chi connectivity index (χ1n) is 4.29. The second kappa shape index (κ2) is 3.53. The molecular formula is C9H11N3O. The highest BCUT2D eigenvalue weighted by Gasteiger charge is 2.19. The number of hydrogen-bond acceptors (Lipinski definition) is 3. The summed E-state index contributed by atoms with van der Waals surface area (Å²) in [6.45, 7) is 1.72. The first-order valence-corrected chi connectivity index (χ1v) is 4.29. The summed E-state index contributed by atoms with van der Waals surface area (Å²) in [6, 6.07) is 5.58. The molecule has 0 bridgehead atoms. The molecule has 68 valence electrons. The SMILES string of the molecule is O=C(NC1CNC1)c1ccccn1. The zero-order valence-corrected chi connectivity index (χ0v) is 7.16. The minimum Gasteiger partial charge on any atom is -0.345 e. The molecule has 0 radical (unpaired) electrons. The average molecular weight is 177 g/mol. The van der Waals surface area contributed by atoms with Crippen LogP contribution in [-0.4, -0.2) is 30.0 Å². The monoisotopic (exact) mass is 177 g/mol. The molecule has 1 fully saturated rings. The van der Waals surface area contributed by atoms with Gasteiger partial charge in [0.2, 0.25) is 0 Å². The highest BCUT2D eigenvalue weighted by molar-refractivity contribution is 5.92. The van der Waals surface area contributed by atoms with Gasteiger partial charge in [-0.1, -0.05) is 6.07 Å². The quantitative estimate of drug-likeness (QED) is 0.657. The molecule has 1 aromatic rings. The predicted octanol–water partition coefficient (Wildman–Crippen LogP) is -0.217. The normalized spacial score (nSPS) is 16.3. The third-order valence-electron chi connectivity index (χ3n) is 2.01. The van der Waals surface area contributed by atoms with Crippen LogP contribution < -0.4 is 10.6 Å². The maximum absolute atomic E-state index is 11.4. The van der Waals surface area contributed by atoms with Crippen LogP contribution in [0.3, 0.4) is 0 Å². The molecule has 1 amide bonds. The first kappa shape index (κ1) is 8.19. The van der Waals surface area contributed by atoms with Crippen LogP contribution in [0.2, 0.25) is 0 Å². The number of hydrogen-bond donors (Lipinski definition) is 2. The summed E-state index contributed by atoms with van der Waals surface area (Å²) in [7, 11) is 0. The zero-order valence-electron chi connectivity index (χ0n) is 7.16. The molecule has 0 aliphatic carbocycles. The molecule has 2 rings (SSSR count). The lowest BCUT2D eigenvalue weighted by Crippen LogP contribution is -2.57. The van der Waals surface area contributed by atoms with E-state index in [2.05, 4.69) is 15.6 Å². The van der Waals surface area contributed by atoms with Gasteiger partial charge in [-0.05, 0) is 12.1 Å². The van der Waals surface area contributed by atoms with Crippen molar-refractivity contribution in [1.82, 2.24) is 15.6 Å². The van der Waals surface area contributed by atoms with E-state index in [0.29, 0.717) is 5.69 Å². The van der Waals surface area contributed by atoms with Gasteiger partial charge in [0, 0.05) is 19.3 Å². The lowest BCUT2D eigenvalue weighted by Gasteiger charge is -2.27. The van der Waals surface area contributed by atoms with E-state index < -0.39 is 0 Å². The van der Waals surface area contributed by atoms with Crippen molar-refractivity contribution < 1.29 is 4.79 Å². The van der Waals surface area contributed by atoms with E-state index in [1.807, 2.05) is 0 Å². The number of pyridine rings is 1. The van der Waals surface area contributed by atoms with E-state index >= 15 is 0 Å². The largest absolute Gasteiger partial charge is 0.345 e. The van der Waals surface area contributed by atoms with Gasteiger partial charge in [-0.25, -0.2) is 0 Å². The van der Waals surface area contributed by atoms with Gasteiger partial charge in [-0.2, -0.15) is 0 Å². The highest BCUT2D eigenvalue weighted by atomic mass is 16.2. The van der Waals surface area contributed by atoms with Gasteiger partial charge in [0.1, 0.15) is 5.69 Å². The standard InChI is InChI=1S/C9H11N3O/c13-9(12-7-5-10-6-7)8-3-1-2-4-11-8/h1-4,7,10H,5-6H2,(H,12,13). The maximum Gasteiger partial charge on any atom is 0.270 e. The fourth-order valence-corrected chi connectivity index (χ4v) is 1.15. The highest BCUT2D eigenvalue weighted by Crippen LogP contribution is 1.96. The maximum atomic E-state index is 11.4. The Morgan fingerprint density at radius 2 is 2.38 bits per heavy atom. The van der Waals surface area contributed by atoms with E-state index in [1.54, 1.807) is 24.4 Å². The second-order valence-electron chi connectivity index (χ2n) is 3.04. The van der Waals surface area contributed by atoms with Crippen molar-refractivity contribution in [2.24, 2.45) is 0 Å². The van der Waals surface area contributed by atoms with Crippen molar-refractivity contribution in [2.45, 2.75) is 6.04 Å². The minimum absolute atomic E-state index is 0.0906. The number of nitrogens with zero attached hydrogens (tertiary/aromatic N) is 1. The molecule has 0 unspecified atom stereocenters. The zero-order chi connectivity index (χ0) is 9.10. The molecule has 13 heavy (non-hydrogen) atoms. The fraction of sp³-hybridized carbons (Fsp3) is 0.333. The van der Waals surface area contributed by atoms with Crippen LogP contribution in [0.15, 0.2) is 24.4 Å². The molecule has 1 aliphatic rings. The molecule has 0 aromatic carbocycles. The van der Waals surface area contributed by atoms with E-state index in [1.165, 1.54) is 0 Å². The van der Waals surface area contributed by atoms with Gasteiger partial charge in [0.05, 0.1) is 6.04 Å². The topological polar surface area (TPSA) is 54.0 Å². The number of aromatic nitrogens is 1. The fourth-order valence-electron chi connectivity index (χ4n) is 1.15. The second-order valence-corrected chi connectivity index (χ2v) is 3.04. The van der Waals surface area contributed by atoms with Crippen molar-refractivity contribution in [3.63, 3.8) is 0 Å². The van der Waals surface area contributed by atoms with Gasteiger partial charge >= 0.3 is 0 Å². The Balaban J connectivity index is 1.97. The predicted molar refractivity (Wildman–Crippen MR) is 48.4 cm³/mol. The van der Waals surface area contributed by atoms with Crippen molar-refractivity contribution >= 4 is 5.91 Å². The molecule has 0 spiro atoms. The molecule has 1 aliphatic heterocycles. The van der Waals surface area contributed by atoms with Gasteiger partial charge in [-0.15, -0.1) is 0 Å². The molecule has 4 nitrogen and oxygen atoms in total. The lowest BCUT2D eigenvalue weighted by molar-refractivity contribution is 0.0919. The molecule has 2 heterocycles. The van der Waals surface area contributed by atoms with Gasteiger partial charge < -0.3 is 10.6 Å². The summed E-state index contributed by atoms with van der Waals surface area (Å²) in [5.41, 5.74) is 0.481. The summed E-state index contributed by atoms with van der Waals surface area (Å²) >= 11 is 0. The number of amides is 1. The Hall–Kier alpha value is -1.42. The molecular weight excluding hydrogens is 166 g/mol. The van der Waals surface area contributed by atoms with E-state index in [-0.39, 0.29) is 11.9 Å². The van der Waals surface area contributed by atoms with E-state index in [9.17, 15) is 4.79 Å². The van der Waals surface area contributed by atoms with E-state index in [0.717, 1.165) is 13.1 Å². The Kier molecular flexibility index (Phi) is 2.23. The van der Waals surface area contributed by atoms with Crippen LogP contribution in [-0.2, 0) is 0 Å². The van der Waals surface area contributed by atoms with Crippen molar-refractivity contribution in [1.29, 1.82) is 0 Å². The van der Waals surface area contributed by atoms with Crippen molar-refractivity contribution in [3.8, 4) is 0 Å². The summed E-state index contributed by atoms with van der Waals surface area (Å²) in [4.78, 5) is 15.4. The smallest absolute Gasteiger partial charge is 0.270 e. The Bertz CT molecular complexity index is 295. The summed E-state index contributed by atoms with van der Waals surface area (Å²) in [5.74, 6) is -0.0906. The average Bonchev–Trinajstić information content (AvgIpc) is 2.12. The van der Waals surface area contributed by atoms with Crippen molar-refractivity contribution in [2.75, 3.05) is 13.1 Å². The number of carbonyl (C=O) groups is 1. The summed E-state index contributed by atoms with van der Waals surface area (Å²) in [5, 5.41) is 5.95. The minimum atomic E-state index is -0.0906. The lowest BCUT2D eigenvalue weighted by atomic mass is 10.2. The van der Waals surface area contributed by atoms with Crippen LogP contribution >= 0.6 is 0 Å². The molecule has 1 saturated heterocycles. The van der Waals surface area contributed by atoms with Crippen LogP contribution in [0.25, 0.3) is 0 Å². The third kappa shape index (κ3) is 1.84. The first-order chi connectivity index (χ1) is 6.36. The molecule has 0 atom stereocenters. The Morgan fingerprint density at radius 1 is 1.54 bits per heavy atom. The Morgan fingerprint density at radius 3 is 2.92 bits per heavy atom. The van der Waals surface area contributed by atoms with Crippen LogP contribution in [0.1, 0.15) is 10.5 Å². The van der Waals surface area contributed by atoms with Gasteiger partial charge in [0.25, 0.3) is 5.91 Å². The van der Waals surface area contributed by atoms with Crippen LogP contribution in [0.5, 0.6) is 0 Å². The van der Waals surface area contributed by atoms with Crippen LogP contribution in [0.4, 0.5) is 0 Å².